The van der Waals surface area contributed by atoms with Gasteiger partial charge in [-0.2, -0.15) is 0 Å². The minimum atomic E-state index is -0.424. The number of hydrogen-bond acceptors (Lipinski definition) is 4. The summed E-state index contributed by atoms with van der Waals surface area (Å²) in [6, 6.07) is 0. The van der Waals surface area contributed by atoms with Crippen LogP contribution in [-0.4, -0.2) is 24.4 Å². The largest absolute Gasteiger partial charge is 0.370 e. The number of carbonyl (C=O) groups excluding carboxylic acids is 4. The van der Waals surface area contributed by atoms with Crippen molar-refractivity contribution in [2.75, 3.05) is 0 Å². The van der Waals surface area contributed by atoms with Crippen LogP contribution in [0.4, 0.5) is 0 Å². The van der Waals surface area contributed by atoms with Gasteiger partial charge in [0.25, 0.3) is 0 Å². The van der Waals surface area contributed by atoms with Crippen LogP contribution in [0.1, 0.15) is 25.7 Å². The highest BCUT2D eigenvalue weighted by Crippen LogP contribution is 1.78. The van der Waals surface area contributed by atoms with Gasteiger partial charge in [0.15, 0.2) is 0 Å². The molecule has 80 valence electrons. The topological polar surface area (TPSA) is 120 Å². The first kappa shape index (κ1) is 14.8. The smallest absolute Gasteiger partial charge is 0.217 e. The number of carbonyl (C=O) groups is 4. The van der Waals surface area contributed by atoms with Crippen LogP contribution in [0.2, 0.25) is 0 Å². The lowest BCUT2D eigenvalue weighted by Crippen LogP contribution is -2.09. The second-order valence-corrected chi connectivity index (χ2v) is 2.34. The molecule has 6 nitrogen and oxygen atoms in total. The molecule has 0 atom stereocenters. The summed E-state index contributed by atoms with van der Waals surface area (Å²) in [6.07, 6.45) is 2.17. The molecule has 0 aromatic heterocycles. The molecule has 0 rings (SSSR count). The fraction of sp³-hybridized carbons (Fsp3) is 0.500. The Balaban J connectivity index is 0. The minimum absolute atomic E-state index is 0.170. The molecule has 0 unspecified atom stereocenters. The molecule has 0 aliphatic carbocycles. The molecule has 0 fully saturated rings. The monoisotopic (exact) mass is 202 g/mol. The van der Waals surface area contributed by atoms with Gasteiger partial charge in [0.05, 0.1) is 0 Å². The molecule has 0 spiro atoms. The van der Waals surface area contributed by atoms with Crippen molar-refractivity contribution in [3.05, 3.63) is 0 Å². The van der Waals surface area contributed by atoms with Crippen molar-refractivity contribution in [3.63, 3.8) is 0 Å². The van der Waals surface area contributed by atoms with E-state index in [0.717, 1.165) is 0 Å². The number of aldehydes is 2. The predicted octanol–water partition coefficient (Wildman–Crippen LogP) is -1.10. The number of hydrogen-bond donors (Lipinski definition) is 2. The lowest BCUT2D eigenvalue weighted by Gasteiger charge is -1.81. The van der Waals surface area contributed by atoms with E-state index < -0.39 is 11.8 Å². The van der Waals surface area contributed by atoms with E-state index in [4.69, 9.17) is 0 Å². The molecule has 0 saturated carbocycles. The van der Waals surface area contributed by atoms with E-state index in [9.17, 15) is 19.2 Å². The van der Waals surface area contributed by atoms with Gasteiger partial charge in [-0.3, -0.25) is 9.59 Å². The van der Waals surface area contributed by atoms with Crippen molar-refractivity contribution in [1.29, 1.82) is 0 Å². The summed E-state index contributed by atoms with van der Waals surface area (Å²) >= 11 is 0. The van der Waals surface area contributed by atoms with Gasteiger partial charge in [-0.25, -0.2) is 0 Å². The molecule has 0 aromatic rings. The molecule has 0 heterocycles. The van der Waals surface area contributed by atoms with E-state index in [2.05, 4.69) is 11.5 Å². The summed E-state index contributed by atoms with van der Waals surface area (Å²) in [5.41, 5.74) is 9.36. The van der Waals surface area contributed by atoms with Crippen LogP contribution in [0.3, 0.4) is 0 Å². The van der Waals surface area contributed by atoms with E-state index >= 15 is 0 Å². The third-order valence-corrected chi connectivity index (χ3v) is 1.02. The first-order chi connectivity index (χ1) is 6.54. The molecule has 14 heavy (non-hydrogen) atoms. The first-order valence-corrected chi connectivity index (χ1v) is 3.98. The van der Waals surface area contributed by atoms with Gasteiger partial charge in [0.2, 0.25) is 11.8 Å². The summed E-state index contributed by atoms with van der Waals surface area (Å²) in [5, 5.41) is 0. The molecule has 6 heteroatoms. The lowest BCUT2D eigenvalue weighted by molar-refractivity contribution is -0.120. The van der Waals surface area contributed by atoms with Crippen molar-refractivity contribution >= 4 is 24.4 Å². The SMILES string of the molecule is NC(=O)CCC=O.NC(=O)CCC=O. The fourth-order valence-electron chi connectivity index (χ4n) is 0.402. The van der Waals surface area contributed by atoms with Gasteiger partial charge in [-0.15, -0.1) is 0 Å². The van der Waals surface area contributed by atoms with Gasteiger partial charge in [0.1, 0.15) is 12.6 Å². The molecule has 0 radical (unpaired) electrons. The Morgan fingerprint density at radius 3 is 1.21 bits per heavy atom. The third-order valence-electron chi connectivity index (χ3n) is 1.02. The molecule has 0 aliphatic rings. The van der Waals surface area contributed by atoms with Crippen molar-refractivity contribution in [2.45, 2.75) is 25.7 Å². The Morgan fingerprint density at radius 2 is 1.14 bits per heavy atom. The fourth-order valence-corrected chi connectivity index (χ4v) is 0.402. The Morgan fingerprint density at radius 1 is 0.857 bits per heavy atom. The summed E-state index contributed by atoms with van der Waals surface area (Å²) < 4.78 is 0. The molecular weight excluding hydrogens is 188 g/mol. The zero-order valence-corrected chi connectivity index (χ0v) is 7.77. The van der Waals surface area contributed by atoms with Crippen LogP contribution in [0.25, 0.3) is 0 Å². The Labute approximate surface area is 81.6 Å². The van der Waals surface area contributed by atoms with E-state index in [-0.39, 0.29) is 25.7 Å². The van der Waals surface area contributed by atoms with Crippen molar-refractivity contribution in [3.8, 4) is 0 Å². The molecule has 4 N–H and O–H groups in total. The number of primary amides is 2. The maximum Gasteiger partial charge on any atom is 0.217 e. The van der Waals surface area contributed by atoms with Crippen LogP contribution in [-0.2, 0) is 19.2 Å². The number of amides is 2. The number of nitrogens with two attached hydrogens (primary N) is 2. The van der Waals surface area contributed by atoms with Gasteiger partial charge in [0, 0.05) is 25.7 Å². The zero-order valence-electron chi connectivity index (χ0n) is 7.77. The van der Waals surface area contributed by atoms with Gasteiger partial charge >= 0.3 is 0 Å². The zero-order chi connectivity index (χ0) is 11.4. The molecule has 0 aliphatic heterocycles. The standard InChI is InChI=1S/2C4H7NO2/c2*5-4(7)2-1-3-6/h2*3H,1-2H2,(H2,5,7). The summed E-state index contributed by atoms with van der Waals surface area (Å²) in [4.78, 5) is 38.6. The Kier molecular flexibility index (Phi) is 11.9. The lowest BCUT2D eigenvalue weighted by atomic mass is 10.3. The van der Waals surface area contributed by atoms with E-state index in [1.54, 1.807) is 0 Å². The van der Waals surface area contributed by atoms with Crippen LogP contribution in [0.5, 0.6) is 0 Å². The highest BCUT2D eigenvalue weighted by Gasteiger charge is 1.89. The van der Waals surface area contributed by atoms with Crippen LogP contribution in [0, 0.1) is 0 Å². The first-order valence-electron chi connectivity index (χ1n) is 3.98. The Bertz CT molecular complexity index is 182. The van der Waals surface area contributed by atoms with Gasteiger partial charge < -0.3 is 21.1 Å². The number of rotatable bonds is 6. The second kappa shape index (κ2) is 11.3. The summed E-state index contributed by atoms with van der Waals surface area (Å²) in [7, 11) is 0. The Hall–Kier alpha value is -1.72. The average molecular weight is 202 g/mol. The highest BCUT2D eigenvalue weighted by atomic mass is 16.1. The summed E-state index contributed by atoms with van der Waals surface area (Å²) in [6.45, 7) is 0. The van der Waals surface area contributed by atoms with E-state index in [0.29, 0.717) is 12.6 Å². The molecule has 2 amide bonds. The quantitative estimate of drug-likeness (QED) is 0.531. The van der Waals surface area contributed by atoms with Crippen LogP contribution >= 0.6 is 0 Å². The summed E-state index contributed by atoms with van der Waals surface area (Å²) in [5.74, 6) is -0.848. The van der Waals surface area contributed by atoms with Crippen LogP contribution in [0.15, 0.2) is 0 Å². The molecular formula is C8H14N2O4. The van der Waals surface area contributed by atoms with Crippen molar-refractivity contribution in [1.82, 2.24) is 0 Å². The maximum absolute atomic E-state index is 9.82. The van der Waals surface area contributed by atoms with Crippen molar-refractivity contribution in [2.24, 2.45) is 11.5 Å². The highest BCUT2D eigenvalue weighted by molar-refractivity contribution is 5.76. The molecule has 0 saturated heterocycles. The van der Waals surface area contributed by atoms with Gasteiger partial charge in [-0.1, -0.05) is 0 Å². The van der Waals surface area contributed by atoms with Crippen molar-refractivity contribution < 1.29 is 19.2 Å². The maximum atomic E-state index is 9.82. The predicted molar refractivity (Wildman–Crippen MR) is 49.0 cm³/mol. The van der Waals surface area contributed by atoms with Gasteiger partial charge in [-0.05, 0) is 0 Å². The average Bonchev–Trinajstić information content (AvgIpc) is 2.12. The minimum Gasteiger partial charge on any atom is -0.370 e. The third kappa shape index (κ3) is 22.4. The van der Waals surface area contributed by atoms with E-state index in [1.807, 2.05) is 0 Å². The molecule has 0 aromatic carbocycles. The second-order valence-electron chi connectivity index (χ2n) is 2.34. The van der Waals surface area contributed by atoms with Crippen LogP contribution < -0.4 is 11.5 Å². The molecule has 0 bridgehead atoms. The normalized spacial score (nSPS) is 8.00. The van der Waals surface area contributed by atoms with E-state index in [1.165, 1.54) is 0 Å².